The van der Waals surface area contributed by atoms with Crippen molar-refractivity contribution in [3.63, 3.8) is 0 Å². The third kappa shape index (κ3) is 3.83. The summed E-state index contributed by atoms with van der Waals surface area (Å²) < 4.78 is 10.6. The number of thioether (sulfide) groups is 1. The summed E-state index contributed by atoms with van der Waals surface area (Å²) in [5.74, 6) is 2.46. The van der Waals surface area contributed by atoms with E-state index in [4.69, 9.17) is 15.2 Å². The Bertz CT molecular complexity index is 221. The Balaban J connectivity index is 2.64. The SMILES string of the molecule is COC(CC(C)(CN)N(C)C1CCSC1)OC. The van der Waals surface area contributed by atoms with Gasteiger partial charge >= 0.3 is 0 Å². The molecule has 102 valence electrons. The van der Waals surface area contributed by atoms with E-state index in [1.54, 1.807) is 14.2 Å². The van der Waals surface area contributed by atoms with Gasteiger partial charge < -0.3 is 15.2 Å². The Hall–Kier alpha value is 0.190. The third-order valence-corrected chi connectivity index (χ3v) is 5.02. The van der Waals surface area contributed by atoms with Crippen molar-refractivity contribution in [3.05, 3.63) is 0 Å². The number of rotatable bonds is 7. The molecule has 17 heavy (non-hydrogen) atoms. The summed E-state index contributed by atoms with van der Waals surface area (Å²) in [4.78, 5) is 2.41. The molecule has 0 aromatic carbocycles. The zero-order chi connectivity index (χ0) is 12.9. The zero-order valence-electron chi connectivity index (χ0n) is 11.4. The first-order valence-corrected chi connectivity index (χ1v) is 7.29. The van der Waals surface area contributed by atoms with Gasteiger partial charge in [0.25, 0.3) is 0 Å². The number of likely N-dealkylation sites (N-methyl/N-ethyl adjacent to an activating group) is 1. The summed E-state index contributed by atoms with van der Waals surface area (Å²) in [6.07, 6.45) is 1.87. The van der Waals surface area contributed by atoms with Crippen LogP contribution in [0.1, 0.15) is 19.8 Å². The Morgan fingerprint density at radius 1 is 1.47 bits per heavy atom. The van der Waals surface area contributed by atoms with Crippen LogP contribution in [0.25, 0.3) is 0 Å². The van der Waals surface area contributed by atoms with Crippen LogP contribution in [0.15, 0.2) is 0 Å². The van der Waals surface area contributed by atoms with E-state index in [0.717, 1.165) is 6.42 Å². The average Bonchev–Trinajstić information content (AvgIpc) is 2.88. The van der Waals surface area contributed by atoms with Gasteiger partial charge in [-0.15, -0.1) is 0 Å². The smallest absolute Gasteiger partial charge is 0.158 e. The van der Waals surface area contributed by atoms with Gasteiger partial charge in [0.1, 0.15) is 0 Å². The van der Waals surface area contributed by atoms with E-state index in [-0.39, 0.29) is 11.8 Å². The van der Waals surface area contributed by atoms with Gasteiger partial charge in [-0.3, -0.25) is 4.90 Å². The van der Waals surface area contributed by atoms with Gasteiger partial charge in [-0.2, -0.15) is 11.8 Å². The Morgan fingerprint density at radius 2 is 2.12 bits per heavy atom. The molecular weight excluding hydrogens is 236 g/mol. The maximum atomic E-state index is 5.97. The predicted molar refractivity (Wildman–Crippen MR) is 73.4 cm³/mol. The van der Waals surface area contributed by atoms with Crippen LogP contribution >= 0.6 is 11.8 Å². The lowest BCUT2D eigenvalue weighted by molar-refractivity contribution is -0.129. The first-order valence-electron chi connectivity index (χ1n) is 6.13. The van der Waals surface area contributed by atoms with Crippen molar-refractivity contribution in [1.29, 1.82) is 0 Å². The summed E-state index contributed by atoms with van der Waals surface area (Å²) in [6, 6.07) is 0.628. The van der Waals surface area contributed by atoms with E-state index in [1.807, 2.05) is 11.8 Å². The van der Waals surface area contributed by atoms with Crippen molar-refractivity contribution in [2.24, 2.45) is 5.73 Å². The molecule has 0 amide bonds. The van der Waals surface area contributed by atoms with Crippen LogP contribution in [0.4, 0.5) is 0 Å². The fourth-order valence-corrected chi connectivity index (χ4v) is 3.53. The maximum Gasteiger partial charge on any atom is 0.158 e. The van der Waals surface area contributed by atoms with Crippen molar-refractivity contribution < 1.29 is 9.47 Å². The molecule has 0 saturated carbocycles. The minimum atomic E-state index is -0.181. The van der Waals surface area contributed by atoms with Gasteiger partial charge in [-0.25, -0.2) is 0 Å². The first kappa shape index (κ1) is 15.2. The molecule has 2 atom stereocenters. The van der Waals surface area contributed by atoms with E-state index in [1.165, 1.54) is 17.9 Å². The summed E-state index contributed by atoms with van der Waals surface area (Å²) in [6.45, 7) is 2.81. The van der Waals surface area contributed by atoms with Crippen molar-refractivity contribution in [2.45, 2.75) is 37.6 Å². The molecular formula is C12H26N2O2S. The molecule has 1 rings (SSSR count). The van der Waals surface area contributed by atoms with Gasteiger partial charge in [0.15, 0.2) is 6.29 Å². The van der Waals surface area contributed by atoms with Crippen molar-refractivity contribution in [2.75, 3.05) is 39.3 Å². The summed E-state index contributed by atoms with van der Waals surface area (Å²) in [7, 11) is 5.53. The van der Waals surface area contributed by atoms with Crippen LogP contribution in [-0.4, -0.2) is 62.1 Å². The monoisotopic (exact) mass is 262 g/mol. The van der Waals surface area contributed by atoms with E-state index in [9.17, 15) is 0 Å². The molecule has 1 aliphatic heterocycles. The van der Waals surface area contributed by atoms with E-state index >= 15 is 0 Å². The number of hydrogen-bond donors (Lipinski definition) is 1. The van der Waals surface area contributed by atoms with Gasteiger partial charge in [-0.05, 0) is 26.1 Å². The fourth-order valence-electron chi connectivity index (χ4n) is 2.26. The quantitative estimate of drug-likeness (QED) is 0.698. The molecule has 1 heterocycles. The largest absolute Gasteiger partial charge is 0.356 e. The van der Waals surface area contributed by atoms with Crippen molar-refractivity contribution in [3.8, 4) is 0 Å². The summed E-state index contributed by atoms with van der Waals surface area (Å²) in [5.41, 5.74) is 5.91. The lowest BCUT2D eigenvalue weighted by Gasteiger charge is -2.43. The molecule has 0 aliphatic carbocycles. The van der Waals surface area contributed by atoms with Gasteiger partial charge in [0.2, 0.25) is 0 Å². The number of ether oxygens (including phenoxy) is 2. The van der Waals surface area contributed by atoms with Gasteiger partial charge in [0, 0.05) is 44.5 Å². The highest BCUT2D eigenvalue weighted by molar-refractivity contribution is 7.99. The van der Waals surface area contributed by atoms with E-state index in [2.05, 4.69) is 18.9 Å². The summed E-state index contributed by atoms with van der Waals surface area (Å²) in [5, 5.41) is 0. The minimum Gasteiger partial charge on any atom is -0.356 e. The van der Waals surface area contributed by atoms with Crippen LogP contribution in [0.3, 0.4) is 0 Å². The summed E-state index contributed by atoms with van der Waals surface area (Å²) >= 11 is 2.02. The highest BCUT2D eigenvalue weighted by Crippen LogP contribution is 2.29. The molecule has 1 fully saturated rings. The molecule has 4 nitrogen and oxygen atoms in total. The molecule has 0 bridgehead atoms. The zero-order valence-corrected chi connectivity index (χ0v) is 12.3. The van der Waals surface area contributed by atoms with Gasteiger partial charge in [0.05, 0.1) is 0 Å². The van der Waals surface area contributed by atoms with Crippen LogP contribution in [-0.2, 0) is 9.47 Å². The van der Waals surface area contributed by atoms with Gasteiger partial charge in [-0.1, -0.05) is 0 Å². The normalized spacial score (nSPS) is 24.5. The lowest BCUT2D eigenvalue weighted by atomic mass is 9.93. The lowest BCUT2D eigenvalue weighted by Crippen LogP contribution is -2.55. The number of nitrogens with two attached hydrogens (primary N) is 1. The average molecular weight is 262 g/mol. The molecule has 2 N–H and O–H groups in total. The standard InChI is InChI=1S/C12H26N2O2S/c1-12(9-13,7-11(15-3)16-4)14(2)10-5-6-17-8-10/h10-11H,5-9,13H2,1-4H3. The Morgan fingerprint density at radius 3 is 2.53 bits per heavy atom. The van der Waals surface area contributed by atoms with Crippen molar-refractivity contribution >= 4 is 11.8 Å². The highest BCUT2D eigenvalue weighted by Gasteiger charge is 2.36. The molecule has 0 aromatic heterocycles. The highest BCUT2D eigenvalue weighted by atomic mass is 32.2. The molecule has 1 saturated heterocycles. The van der Waals surface area contributed by atoms with Crippen LogP contribution in [0.2, 0.25) is 0 Å². The maximum absolute atomic E-state index is 5.97. The molecule has 0 spiro atoms. The van der Waals surface area contributed by atoms with Crippen molar-refractivity contribution in [1.82, 2.24) is 4.90 Å². The van der Waals surface area contributed by atoms with E-state index in [0.29, 0.717) is 12.6 Å². The minimum absolute atomic E-state index is 0.0632. The predicted octanol–water partition coefficient (Wildman–Crippen LogP) is 1.15. The molecule has 2 unspecified atom stereocenters. The molecule has 0 radical (unpaired) electrons. The van der Waals surface area contributed by atoms with Crippen LogP contribution in [0, 0.1) is 0 Å². The Kier molecular flexibility index (Phi) is 6.23. The first-order chi connectivity index (χ1) is 8.07. The third-order valence-electron chi connectivity index (χ3n) is 3.88. The molecule has 1 aliphatic rings. The Labute approximate surface area is 109 Å². The second-order valence-corrected chi connectivity index (χ2v) is 6.08. The second-order valence-electron chi connectivity index (χ2n) is 4.93. The van der Waals surface area contributed by atoms with Crippen LogP contribution < -0.4 is 5.73 Å². The number of nitrogens with zero attached hydrogens (tertiary/aromatic N) is 1. The number of methoxy groups -OCH3 is 2. The second kappa shape index (κ2) is 6.95. The van der Waals surface area contributed by atoms with Crippen LogP contribution in [0.5, 0.6) is 0 Å². The molecule has 0 aromatic rings. The topological polar surface area (TPSA) is 47.7 Å². The van der Waals surface area contributed by atoms with E-state index < -0.39 is 0 Å². The fraction of sp³-hybridized carbons (Fsp3) is 1.00. The molecule has 5 heteroatoms. The number of hydrogen-bond acceptors (Lipinski definition) is 5.